The van der Waals surface area contributed by atoms with Crippen LogP contribution in [-0.4, -0.2) is 36.3 Å². The molecule has 0 aromatic carbocycles. The zero-order valence-corrected chi connectivity index (χ0v) is 18.5. The summed E-state index contributed by atoms with van der Waals surface area (Å²) in [6.45, 7) is 4.85. The Bertz CT molecular complexity index is 1330. The van der Waals surface area contributed by atoms with E-state index in [2.05, 4.69) is 30.5 Å². The van der Waals surface area contributed by atoms with Crippen LogP contribution in [0.4, 0.5) is 24.7 Å². The Balaban J connectivity index is 1.34. The van der Waals surface area contributed by atoms with Gasteiger partial charge in [-0.25, -0.2) is 9.97 Å². The van der Waals surface area contributed by atoms with Crippen molar-refractivity contribution in [3.05, 3.63) is 58.5 Å². The highest BCUT2D eigenvalue weighted by atomic mass is 35.5. The van der Waals surface area contributed by atoms with Crippen LogP contribution in [0.15, 0.2) is 30.6 Å². The molecule has 0 saturated heterocycles. The smallest absolute Gasteiger partial charge is 0.380 e. The summed E-state index contributed by atoms with van der Waals surface area (Å²) in [6.07, 6.45) is -1.04. The molecule has 33 heavy (non-hydrogen) atoms. The SMILES string of the molecule is Cc1cc(N2CCn3c(nnc3C(F)(F)F)C2C)ncc1CNc1ccnc2[nH]c(Cl)cc12. The van der Waals surface area contributed by atoms with E-state index in [1.807, 2.05) is 36.9 Å². The number of anilines is 2. The van der Waals surface area contributed by atoms with Gasteiger partial charge in [0.25, 0.3) is 0 Å². The van der Waals surface area contributed by atoms with Gasteiger partial charge >= 0.3 is 6.18 Å². The number of nitrogens with one attached hydrogen (secondary N) is 2. The van der Waals surface area contributed by atoms with Crippen LogP contribution in [0.3, 0.4) is 0 Å². The Morgan fingerprint density at radius 1 is 1.21 bits per heavy atom. The molecule has 2 N–H and O–H groups in total. The predicted molar refractivity (Wildman–Crippen MR) is 118 cm³/mol. The zero-order valence-electron chi connectivity index (χ0n) is 17.8. The molecule has 8 nitrogen and oxygen atoms in total. The Kier molecular flexibility index (Phi) is 5.15. The van der Waals surface area contributed by atoms with Crippen molar-refractivity contribution in [3.8, 4) is 0 Å². The summed E-state index contributed by atoms with van der Waals surface area (Å²) in [5, 5.41) is 12.0. The van der Waals surface area contributed by atoms with Crippen molar-refractivity contribution >= 4 is 34.1 Å². The van der Waals surface area contributed by atoms with Gasteiger partial charge in [0.2, 0.25) is 5.82 Å². The first kappa shape index (κ1) is 21.5. The van der Waals surface area contributed by atoms with Crippen molar-refractivity contribution in [2.24, 2.45) is 0 Å². The van der Waals surface area contributed by atoms with E-state index in [1.54, 1.807) is 12.4 Å². The molecule has 0 amide bonds. The number of fused-ring (bicyclic) bond motifs is 2. The highest BCUT2D eigenvalue weighted by Gasteiger charge is 2.41. The predicted octanol–water partition coefficient (Wildman–Crippen LogP) is 4.72. The molecule has 0 fully saturated rings. The molecule has 5 heterocycles. The second kappa shape index (κ2) is 7.91. The third-order valence-corrected chi connectivity index (χ3v) is 6.11. The third-order valence-electron chi connectivity index (χ3n) is 5.91. The number of rotatable bonds is 4. The van der Waals surface area contributed by atoms with Crippen LogP contribution in [0, 0.1) is 6.92 Å². The Morgan fingerprint density at radius 3 is 2.79 bits per heavy atom. The van der Waals surface area contributed by atoms with E-state index in [9.17, 15) is 13.2 Å². The van der Waals surface area contributed by atoms with Gasteiger partial charge in [0.15, 0.2) is 5.82 Å². The van der Waals surface area contributed by atoms with Crippen LogP contribution in [-0.2, 0) is 19.3 Å². The molecule has 1 aliphatic heterocycles. The van der Waals surface area contributed by atoms with Crippen molar-refractivity contribution in [1.82, 2.24) is 29.7 Å². The average Bonchev–Trinajstić information content (AvgIpc) is 3.36. The number of halogens is 4. The normalized spacial score (nSPS) is 16.3. The maximum atomic E-state index is 13.2. The van der Waals surface area contributed by atoms with E-state index < -0.39 is 12.0 Å². The first-order valence-electron chi connectivity index (χ1n) is 10.3. The molecule has 5 rings (SSSR count). The number of aromatic amines is 1. The van der Waals surface area contributed by atoms with Gasteiger partial charge < -0.3 is 19.8 Å². The zero-order chi connectivity index (χ0) is 23.3. The fraction of sp³-hybridized carbons (Fsp3) is 0.333. The molecule has 0 radical (unpaired) electrons. The summed E-state index contributed by atoms with van der Waals surface area (Å²) in [5.41, 5.74) is 3.62. The van der Waals surface area contributed by atoms with Gasteiger partial charge in [-0.15, -0.1) is 10.2 Å². The average molecular weight is 477 g/mol. The van der Waals surface area contributed by atoms with Crippen LogP contribution in [0.2, 0.25) is 5.15 Å². The standard InChI is InChI=1S/C21H20ClF3N8/c1-11-7-17(32-5-6-33-19(12(32)2)30-31-20(33)21(23,24)25)28-10-13(11)9-27-15-3-4-26-18-14(15)8-16(22)29-18/h3-4,7-8,10,12H,5-6,9H2,1-2H3,(H2,26,27,29). The highest BCUT2D eigenvalue weighted by Crippen LogP contribution is 2.34. The molecule has 0 aliphatic carbocycles. The van der Waals surface area contributed by atoms with E-state index in [4.69, 9.17) is 11.6 Å². The molecule has 1 unspecified atom stereocenters. The fourth-order valence-electron chi connectivity index (χ4n) is 4.16. The number of pyridine rings is 2. The van der Waals surface area contributed by atoms with Gasteiger partial charge in [0.05, 0.1) is 6.04 Å². The van der Waals surface area contributed by atoms with E-state index in [0.717, 1.165) is 26.8 Å². The van der Waals surface area contributed by atoms with Crippen molar-refractivity contribution in [2.45, 2.75) is 39.2 Å². The maximum absolute atomic E-state index is 13.2. The minimum absolute atomic E-state index is 0.142. The first-order valence-corrected chi connectivity index (χ1v) is 10.7. The lowest BCUT2D eigenvalue weighted by Crippen LogP contribution is -2.38. The minimum Gasteiger partial charge on any atom is -0.380 e. The summed E-state index contributed by atoms with van der Waals surface area (Å²) < 4.78 is 40.7. The molecule has 4 aromatic heterocycles. The Morgan fingerprint density at radius 2 is 2.03 bits per heavy atom. The first-order chi connectivity index (χ1) is 15.7. The van der Waals surface area contributed by atoms with Crippen LogP contribution >= 0.6 is 11.6 Å². The summed E-state index contributed by atoms with van der Waals surface area (Å²) >= 11 is 6.05. The van der Waals surface area contributed by atoms with Gasteiger partial charge in [-0.2, -0.15) is 13.2 Å². The number of alkyl halides is 3. The van der Waals surface area contributed by atoms with Crippen LogP contribution in [0.25, 0.3) is 11.0 Å². The van der Waals surface area contributed by atoms with E-state index in [0.29, 0.717) is 29.7 Å². The molecule has 12 heteroatoms. The molecular formula is C21H20ClF3N8. The van der Waals surface area contributed by atoms with Crippen molar-refractivity contribution < 1.29 is 13.2 Å². The second-order valence-electron chi connectivity index (χ2n) is 7.96. The number of nitrogens with zero attached hydrogens (tertiary/aromatic N) is 6. The molecule has 0 spiro atoms. The summed E-state index contributed by atoms with van der Waals surface area (Å²) in [7, 11) is 0. The maximum Gasteiger partial charge on any atom is 0.451 e. The molecule has 1 atom stereocenters. The van der Waals surface area contributed by atoms with Crippen molar-refractivity contribution in [1.29, 1.82) is 0 Å². The monoisotopic (exact) mass is 476 g/mol. The van der Waals surface area contributed by atoms with Crippen LogP contribution in [0.1, 0.15) is 35.7 Å². The van der Waals surface area contributed by atoms with Gasteiger partial charge in [-0.3, -0.25) is 0 Å². The second-order valence-corrected chi connectivity index (χ2v) is 8.37. The molecule has 1 aliphatic rings. The van der Waals surface area contributed by atoms with Gasteiger partial charge in [-0.1, -0.05) is 11.6 Å². The number of hydrogen-bond acceptors (Lipinski definition) is 6. The van der Waals surface area contributed by atoms with E-state index in [1.165, 1.54) is 0 Å². The third kappa shape index (κ3) is 3.86. The number of aromatic nitrogens is 6. The van der Waals surface area contributed by atoms with E-state index >= 15 is 0 Å². The largest absolute Gasteiger partial charge is 0.451 e. The minimum atomic E-state index is -4.53. The van der Waals surface area contributed by atoms with Gasteiger partial charge in [0, 0.05) is 43.1 Å². The van der Waals surface area contributed by atoms with Crippen LogP contribution in [0.5, 0.6) is 0 Å². The lowest BCUT2D eigenvalue weighted by molar-refractivity contribution is -0.147. The van der Waals surface area contributed by atoms with Crippen molar-refractivity contribution in [2.75, 3.05) is 16.8 Å². The number of hydrogen-bond donors (Lipinski definition) is 2. The number of aryl methyl sites for hydroxylation is 1. The molecule has 4 aromatic rings. The Labute approximate surface area is 191 Å². The summed E-state index contributed by atoms with van der Waals surface area (Å²) in [5.74, 6) is 0.0180. The fourth-order valence-corrected chi connectivity index (χ4v) is 4.36. The molecule has 0 saturated carbocycles. The molecule has 172 valence electrons. The Hall–Kier alpha value is -3.34. The lowest BCUT2D eigenvalue weighted by atomic mass is 10.1. The van der Waals surface area contributed by atoms with Crippen molar-refractivity contribution in [3.63, 3.8) is 0 Å². The van der Waals surface area contributed by atoms with Crippen LogP contribution < -0.4 is 10.2 Å². The topological polar surface area (TPSA) is 87.6 Å². The van der Waals surface area contributed by atoms with E-state index in [-0.39, 0.29) is 18.4 Å². The highest BCUT2D eigenvalue weighted by molar-refractivity contribution is 6.30. The molecular weight excluding hydrogens is 457 g/mol. The summed E-state index contributed by atoms with van der Waals surface area (Å²) in [4.78, 5) is 13.8. The molecule has 0 bridgehead atoms. The number of H-pyrrole nitrogens is 1. The van der Waals surface area contributed by atoms with Gasteiger partial charge in [0.1, 0.15) is 16.6 Å². The van der Waals surface area contributed by atoms with Gasteiger partial charge in [-0.05, 0) is 43.2 Å². The summed E-state index contributed by atoms with van der Waals surface area (Å²) in [6, 6.07) is 5.26. The lowest BCUT2D eigenvalue weighted by Gasteiger charge is -2.35. The quantitative estimate of drug-likeness (QED) is 0.443.